The molecular weight excluding hydrogens is 237 g/mol. The third-order valence-corrected chi connectivity index (χ3v) is 2.03. The lowest BCUT2D eigenvalue weighted by Gasteiger charge is -2.09. The van der Waals surface area contributed by atoms with Crippen LogP contribution in [-0.2, 0) is 9.53 Å². The van der Waals surface area contributed by atoms with Crippen molar-refractivity contribution in [1.82, 2.24) is 0 Å². The molecule has 0 heterocycles. The van der Waals surface area contributed by atoms with Gasteiger partial charge in [0.05, 0.1) is 5.56 Å². The molecule has 1 atom stereocenters. The summed E-state index contributed by atoms with van der Waals surface area (Å²) in [4.78, 5) is 22.5. The van der Waals surface area contributed by atoms with E-state index >= 15 is 0 Å². The fraction of sp³-hybridized carbons (Fsp3) is 0.231. The summed E-state index contributed by atoms with van der Waals surface area (Å²) in [6.07, 6.45) is 4.31. The average Bonchev–Trinajstić information content (AvgIpc) is 2.30. The number of anilines is 1. The van der Waals surface area contributed by atoms with E-state index in [2.05, 4.69) is 11.2 Å². The van der Waals surface area contributed by atoms with E-state index in [0.29, 0.717) is 5.69 Å². The van der Waals surface area contributed by atoms with Crippen molar-refractivity contribution < 1.29 is 18.7 Å². The van der Waals surface area contributed by atoms with Crippen molar-refractivity contribution in [2.75, 3.05) is 5.32 Å². The van der Waals surface area contributed by atoms with Crippen LogP contribution in [-0.4, -0.2) is 18.0 Å². The number of hydrogen-bond donors (Lipinski definition) is 1. The number of terminal acetylenes is 1. The highest BCUT2D eigenvalue weighted by Crippen LogP contribution is 2.16. The standard InChI is InChI=1S/C13H12FNO3/c1-4-8(2)18-13(17)11-7-10(15-9(3)16)5-6-12(11)14/h1,5-8H,2-3H3,(H,15,16)/t8-/m0/s1. The molecule has 1 rings (SSSR count). The molecular formula is C13H12FNO3. The van der Waals surface area contributed by atoms with Gasteiger partial charge < -0.3 is 10.1 Å². The first-order valence-corrected chi connectivity index (χ1v) is 5.18. The van der Waals surface area contributed by atoms with Crippen LogP contribution in [0.4, 0.5) is 10.1 Å². The number of carbonyl (C=O) groups is 2. The topological polar surface area (TPSA) is 55.4 Å². The van der Waals surface area contributed by atoms with Gasteiger partial charge in [0.25, 0.3) is 0 Å². The molecule has 0 saturated heterocycles. The summed E-state index contributed by atoms with van der Waals surface area (Å²) in [5.74, 6) is 0.267. The first-order chi connectivity index (χ1) is 8.43. The van der Waals surface area contributed by atoms with Gasteiger partial charge in [-0.15, -0.1) is 6.42 Å². The molecule has 4 nitrogen and oxygen atoms in total. The van der Waals surface area contributed by atoms with Crippen molar-refractivity contribution in [2.45, 2.75) is 20.0 Å². The molecule has 0 aliphatic rings. The molecule has 0 spiro atoms. The van der Waals surface area contributed by atoms with E-state index < -0.39 is 17.9 Å². The molecule has 0 aromatic heterocycles. The monoisotopic (exact) mass is 249 g/mol. The van der Waals surface area contributed by atoms with Gasteiger partial charge in [0, 0.05) is 12.6 Å². The Hall–Kier alpha value is -2.35. The fourth-order valence-electron chi connectivity index (χ4n) is 1.22. The van der Waals surface area contributed by atoms with Crippen LogP contribution in [0, 0.1) is 18.2 Å². The van der Waals surface area contributed by atoms with Gasteiger partial charge in [0.2, 0.25) is 5.91 Å². The highest BCUT2D eigenvalue weighted by molar-refractivity contribution is 5.94. The summed E-state index contributed by atoms with van der Waals surface area (Å²) in [6, 6.07) is 3.61. The van der Waals surface area contributed by atoms with Crippen LogP contribution in [0.15, 0.2) is 18.2 Å². The van der Waals surface area contributed by atoms with E-state index in [4.69, 9.17) is 11.2 Å². The van der Waals surface area contributed by atoms with Crippen molar-refractivity contribution in [3.63, 3.8) is 0 Å². The second-order valence-corrected chi connectivity index (χ2v) is 3.59. The number of carbonyl (C=O) groups excluding carboxylic acids is 2. The first kappa shape index (κ1) is 13.7. The predicted molar refractivity (Wildman–Crippen MR) is 64.4 cm³/mol. The average molecular weight is 249 g/mol. The van der Waals surface area contributed by atoms with Crippen LogP contribution >= 0.6 is 0 Å². The molecule has 1 N–H and O–H groups in total. The smallest absolute Gasteiger partial charge is 0.342 e. The molecule has 18 heavy (non-hydrogen) atoms. The number of rotatable bonds is 3. The molecule has 0 saturated carbocycles. The zero-order valence-electron chi connectivity index (χ0n) is 9.99. The van der Waals surface area contributed by atoms with E-state index in [-0.39, 0.29) is 11.5 Å². The van der Waals surface area contributed by atoms with E-state index in [0.717, 1.165) is 6.07 Å². The van der Waals surface area contributed by atoms with Crippen molar-refractivity contribution in [3.05, 3.63) is 29.6 Å². The van der Waals surface area contributed by atoms with Gasteiger partial charge in [-0.05, 0) is 25.1 Å². The highest BCUT2D eigenvalue weighted by atomic mass is 19.1. The fourth-order valence-corrected chi connectivity index (χ4v) is 1.22. The molecule has 1 aromatic carbocycles. The minimum absolute atomic E-state index is 0.275. The summed E-state index contributed by atoms with van der Waals surface area (Å²) in [5, 5.41) is 2.44. The molecule has 0 bridgehead atoms. The lowest BCUT2D eigenvalue weighted by Crippen LogP contribution is -2.15. The third kappa shape index (κ3) is 3.59. The van der Waals surface area contributed by atoms with E-state index in [9.17, 15) is 14.0 Å². The van der Waals surface area contributed by atoms with Crippen LogP contribution in [0.25, 0.3) is 0 Å². The molecule has 0 aliphatic heterocycles. The van der Waals surface area contributed by atoms with Crippen LogP contribution < -0.4 is 5.32 Å². The summed E-state index contributed by atoms with van der Waals surface area (Å²) < 4.78 is 18.2. The second-order valence-electron chi connectivity index (χ2n) is 3.59. The Bertz CT molecular complexity index is 519. The maximum absolute atomic E-state index is 13.4. The number of esters is 1. The van der Waals surface area contributed by atoms with Gasteiger partial charge >= 0.3 is 5.97 Å². The zero-order valence-corrected chi connectivity index (χ0v) is 9.99. The molecule has 94 valence electrons. The van der Waals surface area contributed by atoms with Crippen molar-refractivity contribution in [2.24, 2.45) is 0 Å². The molecule has 1 amide bonds. The van der Waals surface area contributed by atoms with Gasteiger partial charge in [-0.25, -0.2) is 9.18 Å². The number of hydrogen-bond acceptors (Lipinski definition) is 3. The predicted octanol–water partition coefficient (Wildman–Crippen LogP) is 1.96. The van der Waals surface area contributed by atoms with Crippen LogP contribution in [0.1, 0.15) is 24.2 Å². The number of nitrogens with one attached hydrogen (secondary N) is 1. The summed E-state index contributed by atoms with van der Waals surface area (Å²) in [7, 11) is 0. The number of halogens is 1. The quantitative estimate of drug-likeness (QED) is 0.658. The Morgan fingerprint density at radius 3 is 2.72 bits per heavy atom. The van der Waals surface area contributed by atoms with Crippen LogP contribution in [0.3, 0.4) is 0 Å². The molecule has 0 radical (unpaired) electrons. The van der Waals surface area contributed by atoms with Gasteiger partial charge in [-0.3, -0.25) is 4.79 Å². The van der Waals surface area contributed by atoms with Gasteiger partial charge in [0.1, 0.15) is 5.82 Å². The van der Waals surface area contributed by atoms with Crippen molar-refractivity contribution in [3.8, 4) is 12.3 Å². The van der Waals surface area contributed by atoms with Gasteiger partial charge in [-0.2, -0.15) is 0 Å². The Morgan fingerprint density at radius 1 is 1.50 bits per heavy atom. The van der Waals surface area contributed by atoms with Gasteiger partial charge in [-0.1, -0.05) is 5.92 Å². The normalized spacial score (nSPS) is 11.2. The Kier molecular flexibility index (Phi) is 4.44. The minimum Gasteiger partial charge on any atom is -0.446 e. The maximum atomic E-state index is 13.4. The van der Waals surface area contributed by atoms with E-state index in [1.807, 2.05) is 0 Å². The third-order valence-electron chi connectivity index (χ3n) is 2.03. The molecule has 0 unspecified atom stereocenters. The Morgan fingerprint density at radius 2 is 2.17 bits per heavy atom. The lowest BCUT2D eigenvalue weighted by molar-refractivity contribution is -0.114. The SMILES string of the molecule is C#C[C@H](C)OC(=O)c1cc(NC(C)=O)ccc1F. The zero-order chi connectivity index (χ0) is 13.7. The largest absolute Gasteiger partial charge is 0.446 e. The van der Waals surface area contributed by atoms with Gasteiger partial charge in [0.15, 0.2) is 6.10 Å². The summed E-state index contributed by atoms with van der Waals surface area (Å²) in [6.45, 7) is 2.80. The number of benzene rings is 1. The molecule has 0 fully saturated rings. The van der Waals surface area contributed by atoms with Crippen LogP contribution in [0.2, 0.25) is 0 Å². The van der Waals surface area contributed by atoms with Crippen LogP contribution in [0.5, 0.6) is 0 Å². The number of ether oxygens (including phenoxy) is 1. The van der Waals surface area contributed by atoms with E-state index in [1.54, 1.807) is 0 Å². The Balaban J connectivity index is 2.97. The Labute approximate surface area is 104 Å². The molecule has 5 heteroatoms. The number of amides is 1. The van der Waals surface area contributed by atoms with Crippen molar-refractivity contribution >= 4 is 17.6 Å². The molecule has 0 aliphatic carbocycles. The lowest BCUT2D eigenvalue weighted by atomic mass is 10.2. The molecule has 1 aromatic rings. The highest BCUT2D eigenvalue weighted by Gasteiger charge is 2.16. The first-order valence-electron chi connectivity index (χ1n) is 5.18. The van der Waals surface area contributed by atoms with E-state index in [1.165, 1.54) is 26.0 Å². The maximum Gasteiger partial charge on any atom is 0.342 e. The van der Waals surface area contributed by atoms with Crippen molar-refractivity contribution in [1.29, 1.82) is 0 Å². The summed E-state index contributed by atoms with van der Waals surface area (Å²) in [5.41, 5.74) is 0.0348. The second kappa shape index (κ2) is 5.82. The summed E-state index contributed by atoms with van der Waals surface area (Å²) >= 11 is 0. The minimum atomic E-state index is -0.870.